The molecule has 0 spiro atoms. The lowest BCUT2D eigenvalue weighted by Gasteiger charge is -2.27. The number of halogens is 1. The minimum Gasteiger partial charge on any atom is -0.396 e. The molecule has 0 atom stereocenters. The molecule has 6 heteroatoms. The quantitative estimate of drug-likeness (QED) is 0.821. The monoisotopic (exact) mass is 300 g/mol. The van der Waals surface area contributed by atoms with Gasteiger partial charge in [-0.1, -0.05) is 19.8 Å². The van der Waals surface area contributed by atoms with Crippen LogP contribution in [0, 0.1) is 11.2 Å². The molecule has 2 rings (SSSR count). The van der Waals surface area contributed by atoms with E-state index in [2.05, 4.69) is 11.6 Å². The Labute approximate surface area is 119 Å². The van der Waals surface area contributed by atoms with Gasteiger partial charge in [0, 0.05) is 6.54 Å². The largest absolute Gasteiger partial charge is 0.396 e. The second kappa shape index (κ2) is 5.69. The highest BCUT2D eigenvalue weighted by atomic mass is 32.2. The minimum absolute atomic E-state index is 0.0511. The first-order chi connectivity index (χ1) is 9.38. The van der Waals surface area contributed by atoms with Crippen molar-refractivity contribution in [3.05, 3.63) is 24.0 Å². The summed E-state index contributed by atoms with van der Waals surface area (Å²) in [5.74, 6) is -0.709. The van der Waals surface area contributed by atoms with Crippen LogP contribution in [0.25, 0.3) is 0 Å². The van der Waals surface area contributed by atoms with Gasteiger partial charge in [0.05, 0.1) is 10.6 Å². The smallest absolute Gasteiger partial charge is 0.240 e. The molecule has 0 aromatic heterocycles. The summed E-state index contributed by atoms with van der Waals surface area (Å²) in [5.41, 5.74) is 5.36. The summed E-state index contributed by atoms with van der Waals surface area (Å²) in [7, 11) is -3.68. The fraction of sp³-hybridized carbons (Fsp3) is 0.571. The molecule has 0 saturated heterocycles. The van der Waals surface area contributed by atoms with Gasteiger partial charge in [-0.3, -0.25) is 0 Å². The van der Waals surface area contributed by atoms with Crippen LogP contribution in [0.1, 0.15) is 39.0 Å². The fourth-order valence-corrected chi connectivity index (χ4v) is 3.96. The van der Waals surface area contributed by atoms with Crippen LogP contribution in [0.4, 0.5) is 10.1 Å². The molecule has 0 amide bonds. The summed E-state index contributed by atoms with van der Waals surface area (Å²) in [6.07, 6.45) is 5.33. The zero-order valence-corrected chi connectivity index (χ0v) is 12.5. The van der Waals surface area contributed by atoms with Gasteiger partial charge in [-0.05, 0) is 42.9 Å². The van der Waals surface area contributed by atoms with Crippen LogP contribution in [0.3, 0.4) is 0 Å². The predicted molar refractivity (Wildman–Crippen MR) is 77.2 cm³/mol. The highest BCUT2D eigenvalue weighted by Gasteiger charge is 2.33. The molecule has 112 valence electrons. The highest BCUT2D eigenvalue weighted by Crippen LogP contribution is 2.40. The lowest BCUT2D eigenvalue weighted by atomic mass is 9.84. The van der Waals surface area contributed by atoms with E-state index < -0.39 is 15.8 Å². The highest BCUT2D eigenvalue weighted by molar-refractivity contribution is 7.89. The normalized spacial score (nSPS) is 18.3. The molecule has 0 aliphatic heterocycles. The summed E-state index contributed by atoms with van der Waals surface area (Å²) in [6, 6.07) is 3.56. The Morgan fingerprint density at radius 1 is 1.35 bits per heavy atom. The van der Waals surface area contributed by atoms with Crippen molar-refractivity contribution >= 4 is 15.7 Å². The third kappa shape index (κ3) is 3.12. The molecule has 20 heavy (non-hydrogen) atoms. The second-order valence-corrected chi connectivity index (χ2v) is 7.34. The van der Waals surface area contributed by atoms with Crippen LogP contribution in [0.5, 0.6) is 0 Å². The maximum Gasteiger partial charge on any atom is 0.240 e. The van der Waals surface area contributed by atoms with Gasteiger partial charge >= 0.3 is 0 Å². The standard InChI is InChI=1S/C14H21FN2O2S/c1-2-14(7-3-4-8-14)10-17-20(18,19)11-5-6-13(16)12(15)9-11/h5-6,9,17H,2-4,7-8,10,16H2,1H3. The first kappa shape index (κ1) is 15.3. The number of nitrogens with one attached hydrogen (secondary N) is 1. The zero-order chi connectivity index (χ0) is 14.8. The maximum atomic E-state index is 13.4. The van der Waals surface area contributed by atoms with E-state index in [-0.39, 0.29) is 16.0 Å². The van der Waals surface area contributed by atoms with E-state index in [0.717, 1.165) is 38.2 Å². The molecule has 0 bridgehead atoms. The molecular formula is C14H21FN2O2S. The average Bonchev–Trinajstić information content (AvgIpc) is 2.89. The third-order valence-electron chi connectivity index (χ3n) is 4.33. The van der Waals surface area contributed by atoms with E-state index in [1.165, 1.54) is 12.1 Å². The zero-order valence-electron chi connectivity index (χ0n) is 11.7. The fourth-order valence-electron chi connectivity index (χ4n) is 2.79. The van der Waals surface area contributed by atoms with Gasteiger partial charge in [-0.15, -0.1) is 0 Å². The summed E-state index contributed by atoms with van der Waals surface area (Å²) in [4.78, 5) is -0.0755. The van der Waals surface area contributed by atoms with Crippen LogP contribution in [0.2, 0.25) is 0 Å². The summed E-state index contributed by atoms with van der Waals surface area (Å²) in [6.45, 7) is 2.50. The van der Waals surface area contributed by atoms with E-state index in [0.29, 0.717) is 6.54 Å². The number of sulfonamides is 1. The summed E-state index contributed by atoms with van der Waals surface area (Å²) >= 11 is 0. The molecule has 1 aromatic carbocycles. The molecule has 0 unspecified atom stereocenters. The topological polar surface area (TPSA) is 72.2 Å². The van der Waals surface area contributed by atoms with E-state index in [4.69, 9.17) is 5.73 Å². The van der Waals surface area contributed by atoms with Crippen molar-refractivity contribution in [1.82, 2.24) is 4.72 Å². The van der Waals surface area contributed by atoms with Crippen molar-refractivity contribution in [3.8, 4) is 0 Å². The van der Waals surface area contributed by atoms with Crippen LogP contribution >= 0.6 is 0 Å². The Hall–Kier alpha value is -1.14. The van der Waals surface area contributed by atoms with Crippen molar-refractivity contribution in [3.63, 3.8) is 0 Å². The Morgan fingerprint density at radius 3 is 2.55 bits per heavy atom. The van der Waals surface area contributed by atoms with Crippen LogP contribution < -0.4 is 10.5 Å². The number of hydrogen-bond acceptors (Lipinski definition) is 3. The molecule has 0 heterocycles. The number of rotatable bonds is 5. The van der Waals surface area contributed by atoms with Crippen molar-refractivity contribution in [2.24, 2.45) is 5.41 Å². The first-order valence-corrected chi connectivity index (χ1v) is 8.42. The Balaban J connectivity index is 2.13. The number of hydrogen-bond donors (Lipinski definition) is 2. The minimum atomic E-state index is -3.68. The lowest BCUT2D eigenvalue weighted by Crippen LogP contribution is -2.35. The van der Waals surface area contributed by atoms with Crippen LogP contribution in [0.15, 0.2) is 23.1 Å². The first-order valence-electron chi connectivity index (χ1n) is 6.93. The molecule has 3 N–H and O–H groups in total. The van der Waals surface area contributed by atoms with Gasteiger partial charge in [0.15, 0.2) is 0 Å². The van der Waals surface area contributed by atoms with Crippen molar-refractivity contribution in [2.75, 3.05) is 12.3 Å². The lowest BCUT2D eigenvalue weighted by molar-refractivity contribution is 0.285. The van der Waals surface area contributed by atoms with Crippen molar-refractivity contribution in [2.45, 2.75) is 43.9 Å². The molecule has 1 aliphatic carbocycles. The SMILES string of the molecule is CCC1(CNS(=O)(=O)c2ccc(N)c(F)c2)CCCC1. The molecule has 1 aromatic rings. The van der Waals surface area contributed by atoms with Gasteiger partial charge in [0.2, 0.25) is 10.0 Å². The molecule has 0 radical (unpaired) electrons. The molecule has 4 nitrogen and oxygen atoms in total. The summed E-state index contributed by atoms with van der Waals surface area (Å²) < 4.78 is 40.4. The molecular weight excluding hydrogens is 279 g/mol. The Morgan fingerprint density at radius 2 is 2.00 bits per heavy atom. The number of anilines is 1. The van der Waals surface area contributed by atoms with E-state index in [9.17, 15) is 12.8 Å². The van der Waals surface area contributed by atoms with E-state index in [1.54, 1.807) is 0 Å². The van der Waals surface area contributed by atoms with Gasteiger partial charge in [-0.2, -0.15) is 0 Å². The van der Waals surface area contributed by atoms with Gasteiger partial charge < -0.3 is 5.73 Å². The van der Waals surface area contributed by atoms with Gasteiger partial charge in [-0.25, -0.2) is 17.5 Å². The van der Waals surface area contributed by atoms with Crippen LogP contribution in [-0.2, 0) is 10.0 Å². The van der Waals surface area contributed by atoms with Crippen LogP contribution in [-0.4, -0.2) is 15.0 Å². The third-order valence-corrected chi connectivity index (χ3v) is 5.73. The van der Waals surface area contributed by atoms with Crippen molar-refractivity contribution in [1.29, 1.82) is 0 Å². The maximum absolute atomic E-state index is 13.4. The second-order valence-electron chi connectivity index (χ2n) is 5.57. The summed E-state index contributed by atoms with van der Waals surface area (Å²) in [5, 5.41) is 0. The van der Waals surface area contributed by atoms with E-state index >= 15 is 0 Å². The average molecular weight is 300 g/mol. The number of benzene rings is 1. The van der Waals surface area contributed by atoms with Crippen molar-refractivity contribution < 1.29 is 12.8 Å². The van der Waals surface area contributed by atoms with E-state index in [1.807, 2.05) is 0 Å². The number of nitrogen functional groups attached to an aromatic ring is 1. The molecule has 1 aliphatic rings. The molecule has 1 saturated carbocycles. The Kier molecular flexibility index (Phi) is 4.34. The predicted octanol–water partition coefficient (Wildman–Crippen LogP) is 2.66. The number of nitrogens with two attached hydrogens (primary N) is 1. The van der Waals surface area contributed by atoms with Gasteiger partial charge in [0.1, 0.15) is 5.82 Å². The molecule has 1 fully saturated rings. The Bertz CT molecular complexity index is 581. The van der Waals surface area contributed by atoms with Gasteiger partial charge in [0.25, 0.3) is 0 Å².